The zero-order valence-electron chi connectivity index (χ0n) is 7.54. The van der Waals surface area contributed by atoms with Crippen LogP contribution in [0.1, 0.15) is 33.6 Å². The summed E-state index contributed by atoms with van der Waals surface area (Å²) < 4.78 is 0. The van der Waals surface area contributed by atoms with Crippen molar-refractivity contribution in [3.63, 3.8) is 0 Å². The highest BCUT2D eigenvalue weighted by atomic mass is 16.3. The van der Waals surface area contributed by atoms with Crippen molar-refractivity contribution in [1.29, 1.82) is 0 Å². The van der Waals surface area contributed by atoms with Crippen molar-refractivity contribution in [3.05, 3.63) is 0 Å². The van der Waals surface area contributed by atoms with E-state index in [1.807, 2.05) is 0 Å². The molecule has 0 aliphatic heterocycles. The van der Waals surface area contributed by atoms with Crippen LogP contribution < -0.4 is 0 Å². The molecule has 1 rings (SSSR count). The van der Waals surface area contributed by atoms with Gasteiger partial charge in [0.1, 0.15) is 0 Å². The number of hydrogen-bond acceptors (Lipinski definition) is 2. The van der Waals surface area contributed by atoms with E-state index in [0.29, 0.717) is 5.92 Å². The van der Waals surface area contributed by atoms with Crippen molar-refractivity contribution >= 4 is 0 Å². The lowest BCUT2D eigenvalue weighted by atomic mass is 9.68. The van der Waals surface area contributed by atoms with E-state index in [4.69, 9.17) is 0 Å². The number of hydrogen-bond donors (Lipinski definition) is 2. The van der Waals surface area contributed by atoms with Crippen LogP contribution in [-0.4, -0.2) is 22.4 Å². The molecule has 0 saturated heterocycles. The first-order chi connectivity index (χ1) is 4.93. The minimum atomic E-state index is -0.513. The Hall–Kier alpha value is -0.0800. The molecule has 0 spiro atoms. The monoisotopic (exact) mass is 158 g/mol. The van der Waals surface area contributed by atoms with Gasteiger partial charge in [-0.3, -0.25) is 0 Å². The summed E-state index contributed by atoms with van der Waals surface area (Å²) in [5.41, 5.74) is 0.179. The normalized spacial score (nSPS) is 43.9. The molecule has 11 heavy (non-hydrogen) atoms. The number of aliphatic hydroxyl groups is 2. The van der Waals surface area contributed by atoms with Gasteiger partial charge in [0, 0.05) is 0 Å². The van der Waals surface area contributed by atoms with Gasteiger partial charge >= 0.3 is 0 Å². The third-order valence-corrected chi connectivity index (χ3v) is 3.11. The summed E-state index contributed by atoms with van der Waals surface area (Å²) in [6, 6.07) is 0. The lowest BCUT2D eigenvalue weighted by Crippen LogP contribution is -2.42. The van der Waals surface area contributed by atoms with Crippen LogP contribution in [0.5, 0.6) is 0 Å². The Bertz CT molecular complexity index is 142. The zero-order chi connectivity index (χ0) is 8.65. The van der Waals surface area contributed by atoms with Crippen molar-refractivity contribution < 1.29 is 10.2 Å². The van der Waals surface area contributed by atoms with Gasteiger partial charge in [-0.2, -0.15) is 0 Å². The average molecular weight is 158 g/mol. The summed E-state index contributed by atoms with van der Waals surface area (Å²) in [5.74, 6) is 0.501. The highest BCUT2D eigenvalue weighted by Gasteiger charge is 2.37. The van der Waals surface area contributed by atoms with Crippen LogP contribution in [0.25, 0.3) is 0 Å². The Morgan fingerprint density at radius 1 is 1.18 bits per heavy atom. The molecule has 1 unspecified atom stereocenters. The molecule has 2 heteroatoms. The van der Waals surface area contributed by atoms with Gasteiger partial charge in [0.2, 0.25) is 0 Å². The summed E-state index contributed by atoms with van der Waals surface area (Å²) in [5, 5.41) is 18.7. The highest BCUT2D eigenvalue weighted by Crippen LogP contribution is 2.40. The Morgan fingerprint density at radius 2 is 1.73 bits per heavy atom. The van der Waals surface area contributed by atoms with Crippen LogP contribution in [0, 0.1) is 11.3 Å². The first kappa shape index (κ1) is 9.01. The van der Waals surface area contributed by atoms with Crippen LogP contribution in [-0.2, 0) is 0 Å². The van der Waals surface area contributed by atoms with Crippen LogP contribution in [0.3, 0.4) is 0 Å². The lowest BCUT2D eigenvalue weighted by Gasteiger charge is -2.41. The third kappa shape index (κ3) is 1.74. The van der Waals surface area contributed by atoms with Crippen molar-refractivity contribution in [2.75, 3.05) is 0 Å². The molecule has 1 saturated carbocycles. The number of rotatable bonds is 0. The first-order valence-electron chi connectivity index (χ1n) is 4.29. The van der Waals surface area contributed by atoms with E-state index in [2.05, 4.69) is 20.8 Å². The predicted molar refractivity (Wildman–Crippen MR) is 44.2 cm³/mol. The van der Waals surface area contributed by atoms with E-state index in [1.54, 1.807) is 0 Å². The molecule has 0 aromatic heterocycles. The second-order valence-electron chi connectivity index (χ2n) is 4.46. The SMILES string of the molecule is C[C@H]1CC(O)[C@H](O)CC1(C)C. The maximum atomic E-state index is 9.38. The maximum absolute atomic E-state index is 9.38. The summed E-state index contributed by atoms with van der Waals surface area (Å²) >= 11 is 0. The van der Waals surface area contributed by atoms with Gasteiger partial charge in [0.15, 0.2) is 0 Å². The molecule has 0 radical (unpaired) electrons. The fourth-order valence-corrected chi connectivity index (χ4v) is 1.71. The summed E-state index contributed by atoms with van der Waals surface area (Å²) in [4.78, 5) is 0. The van der Waals surface area contributed by atoms with Crippen molar-refractivity contribution in [2.24, 2.45) is 11.3 Å². The van der Waals surface area contributed by atoms with Gasteiger partial charge in [-0.05, 0) is 24.2 Å². The topological polar surface area (TPSA) is 40.5 Å². The van der Waals surface area contributed by atoms with Gasteiger partial charge in [-0.1, -0.05) is 20.8 Å². The van der Waals surface area contributed by atoms with Crippen LogP contribution in [0.2, 0.25) is 0 Å². The fourth-order valence-electron chi connectivity index (χ4n) is 1.71. The first-order valence-corrected chi connectivity index (χ1v) is 4.29. The van der Waals surface area contributed by atoms with Crippen LogP contribution in [0.15, 0.2) is 0 Å². The van der Waals surface area contributed by atoms with E-state index < -0.39 is 12.2 Å². The van der Waals surface area contributed by atoms with E-state index in [0.717, 1.165) is 12.8 Å². The minimum Gasteiger partial charge on any atom is -0.390 e. The molecule has 1 aliphatic carbocycles. The van der Waals surface area contributed by atoms with Gasteiger partial charge in [-0.25, -0.2) is 0 Å². The fraction of sp³-hybridized carbons (Fsp3) is 1.00. The smallest absolute Gasteiger partial charge is 0.0804 e. The Balaban J connectivity index is 2.63. The Kier molecular flexibility index (Phi) is 2.26. The molecular weight excluding hydrogens is 140 g/mol. The van der Waals surface area contributed by atoms with Crippen molar-refractivity contribution in [1.82, 2.24) is 0 Å². The van der Waals surface area contributed by atoms with Gasteiger partial charge in [0.05, 0.1) is 12.2 Å². The molecule has 1 aliphatic rings. The second kappa shape index (κ2) is 2.76. The quantitative estimate of drug-likeness (QED) is 0.555. The third-order valence-electron chi connectivity index (χ3n) is 3.11. The standard InChI is InChI=1S/C9H18O2/c1-6-4-7(10)8(11)5-9(6,2)3/h6-8,10-11H,4-5H2,1-3H3/t6-,7?,8+/m0/s1. The Labute approximate surface area is 68.2 Å². The summed E-state index contributed by atoms with van der Waals surface area (Å²) in [6.07, 6.45) is 0.433. The molecule has 0 amide bonds. The van der Waals surface area contributed by atoms with Gasteiger partial charge in [0.25, 0.3) is 0 Å². The van der Waals surface area contributed by atoms with Crippen LogP contribution in [0.4, 0.5) is 0 Å². The average Bonchev–Trinajstić information content (AvgIpc) is 1.83. The van der Waals surface area contributed by atoms with Crippen molar-refractivity contribution in [3.8, 4) is 0 Å². The molecule has 0 aromatic rings. The van der Waals surface area contributed by atoms with Crippen LogP contribution >= 0.6 is 0 Å². The van der Waals surface area contributed by atoms with E-state index in [-0.39, 0.29) is 5.41 Å². The van der Waals surface area contributed by atoms with Gasteiger partial charge in [-0.15, -0.1) is 0 Å². The summed E-state index contributed by atoms with van der Waals surface area (Å²) in [6.45, 7) is 6.43. The number of aliphatic hydroxyl groups excluding tert-OH is 2. The molecule has 0 bridgehead atoms. The molecule has 66 valence electrons. The van der Waals surface area contributed by atoms with E-state index in [1.165, 1.54) is 0 Å². The predicted octanol–water partition coefficient (Wildman–Crippen LogP) is 1.16. The second-order valence-corrected chi connectivity index (χ2v) is 4.46. The maximum Gasteiger partial charge on any atom is 0.0804 e. The molecule has 3 atom stereocenters. The van der Waals surface area contributed by atoms with E-state index >= 15 is 0 Å². The molecule has 0 aromatic carbocycles. The highest BCUT2D eigenvalue weighted by molar-refractivity contribution is 4.88. The molecule has 1 fully saturated rings. The van der Waals surface area contributed by atoms with E-state index in [9.17, 15) is 10.2 Å². The molecule has 2 N–H and O–H groups in total. The molecule has 2 nitrogen and oxygen atoms in total. The van der Waals surface area contributed by atoms with Crippen molar-refractivity contribution in [2.45, 2.75) is 45.8 Å². The lowest BCUT2D eigenvalue weighted by molar-refractivity contribution is -0.0687. The van der Waals surface area contributed by atoms with Gasteiger partial charge < -0.3 is 10.2 Å². The summed E-state index contributed by atoms with van der Waals surface area (Å²) in [7, 11) is 0. The zero-order valence-corrected chi connectivity index (χ0v) is 7.54. The minimum absolute atomic E-state index is 0.179. The largest absolute Gasteiger partial charge is 0.390 e. The Morgan fingerprint density at radius 3 is 2.18 bits per heavy atom. The molecule has 0 heterocycles. The molecular formula is C9H18O2.